The molecule has 34 heavy (non-hydrogen) atoms. The maximum absolute atomic E-state index is 13.7. The number of aryl methyl sites for hydroxylation is 1. The molecule has 3 heterocycles. The van der Waals surface area contributed by atoms with E-state index < -0.39 is 0 Å². The van der Waals surface area contributed by atoms with Gasteiger partial charge < -0.3 is 19.1 Å². The van der Waals surface area contributed by atoms with Gasteiger partial charge in [-0.3, -0.25) is 14.9 Å². The fourth-order valence-corrected chi connectivity index (χ4v) is 4.63. The van der Waals surface area contributed by atoms with Gasteiger partial charge in [0, 0.05) is 43.2 Å². The van der Waals surface area contributed by atoms with E-state index in [9.17, 15) is 4.79 Å². The Morgan fingerprint density at radius 1 is 1.18 bits per heavy atom. The second-order valence-electron chi connectivity index (χ2n) is 8.85. The highest BCUT2D eigenvalue weighted by atomic mass is 16.6. The van der Waals surface area contributed by atoms with Crippen molar-refractivity contribution in [3.05, 3.63) is 70.8 Å². The van der Waals surface area contributed by atoms with Crippen LogP contribution in [0.2, 0.25) is 0 Å². The first-order valence-electron chi connectivity index (χ1n) is 11.9. The number of methoxy groups -OCH3 is 1. The van der Waals surface area contributed by atoms with Crippen molar-refractivity contribution in [3.63, 3.8) is 0 Å². The number of pyridine rings is 1. The molecule has 8 nitrogen and oxygen atoms in total. The molecule has 1 saturated heterocycles. The first-order valence-corrected chi connectivity index (χ1v) is 11.9. The number of H-pyrrole nitrogens is 1. The van der Waals surface area contributed by atoms with Gasteiger partial charge in [-0.2, -0.15) is 5.10 Å². The highest BCUT2D eigenvalue weighted by molar-refractivity contribution is 5.94. The summed E-state index contributed by atoms with van der Waals surface area (Å²) in [7, 11) is 1.63. The molecule has 178 valence electrons. The van der Waals surface area contributed by atoms with E-state index >= 15 is 0 Å². The lowest BCUT2D eigenvalue weighted by Crippen LogP contribution is -2.31. The number of fused-ring (bicyclic) bond motifs is 1. The summed E-state index contributed by atoms with van der Waals surface area (Å²) in [6, 6.07) is 9.70. The number of nitrogens with zero attached hydrogens (tertiary/aromatic N) is 3. The van der Waals surface area contributed by atoms with Gasteiger partial charge in [0.1, 0.15) is 6.10 Å². The molecular weight excluding hydrogens is 432 g/mol. The Morgan fingerprint density at radius 2 is 2.06 bits per heavy atom. The molecule has 1 fully saturated rings. The molecule has 0 saturated carbocycles. The Kier molecular flexibility index (Phi) is 6.76. The van der Waals surface area contributed by atoms with E-state index in [2.05, 4.69) is 15.2 Å². The third-order valence-corrected chi connectivity index (χ3v) is 6.43. The maximum Gasteiger partial charge on any atom is 0.275 e. The summed E-state index contributed by atoms with van der Waals surface area (Å²) in [5, 5.41) is 7.51. The smallest absolute Gasteiger partial charge is 0.275 e. The molecule has 0 bridgehead atoms. The normalized spacial score (nSPS) is 17.3. The number of ether oxygens (including phenoxy) is 3. The molecule has 1 aliphatic heterocycles. The maximum atomic E-state index is 13.7. The first kappa shape index (κ1) is 22.4. The van der Waals surface area contributed by atoms with Gasteiger partial charge in [-0.1, -0.05) is 12.1 Å². The van der Waals surface area contributed by atoms with E-state index in [0.29, 0.717) is 43.5 Å². The average Bonchev–Trinajstić information content (AvgIpc) is 3.55. The Bertz CT molecular complexity index is 1130. The standard InChI is InChI=1S/C26H30N4O4/c1-32-24-13-18(8-9-23(24)34-20-10-12-33-17-20)15-30(16-19-5-4-11-27-14-19)26(31)25-21-6-2-3-7-22(21)28-29-25/h4-5,8-9,11,13-14,20H,2-3,6-7,10,12,15-17H2,1H3,(H,28,29)/t20-/m0/s1. The molecule has 0 spiro atoms. The van der Waals surface area contributed by atoms with Crippen molar-refractivity contribution < 1.29 is 19.0 Å². The number of carbonyl (C=O) groups excluding carboxylic acids is 1. The number of aromatic nitrogens is 3. The van der Waals surface area contributed by atoms with Crippen LogP contribution in [-0.2, 0) is 30.7 Å². The van der Waals surface area contributed by atoms with Crippen LogP contribution in [0.15, 0.2) is 42.7 Å². The zero-order valence-corrected chi connectivity index (χ0v) is 19.5. The van der Waals surface area contributed by atoms with Crippen LogP contribution in [0.1, 0.15) is 52.1 Å². The largest absolute Gasteiger partial charge is 0.493 e. The zero-order valence-electron chi connectivity index (χ0n) is 19.5. The zero-order chi connectivity index (χ0) is 23.3. The summed E-state index contributed by atoms with van der Waals surface area (Å²) in [4.78, 5) is 19.7. The van der Waals surface area contributed by atoms with Crippen LogP contribution >= 0.6 is 0 Å². The monoisotopic (exact) mass is 462 g/mol. The molecule has 5 rings (SSSR count). The summed E-state index contributed by atoms with van der Waals surface area (Å²) in [6.45, 7) is 2.16. The summed E-state index contributed by atoms with van der Waals surface area (Å²) < 4.78 is 17.1. The van der Waals surface area contributed by atoms with Crippen molar-refractivity contribution in [3.8, 4) is 11.5 Å². The van der Waals surface area contributed by atoms with Crippen molar-refractivity contribution >= 4 is 5.91 Å². The average molecular weight is 463 g/mol. The molecule has 1 aromatic carbocycles. The third-order valence-electron chi connectivity index (χ3n) is 6.43. The van der Waals surface area contributed by atoms with Gasteiger partial charge in [0.05, 0.1) is 20.3 Å². The van der Waals surface area contributed by atoms with Crippen LogP contribution in [0.3, 0.4) is 0 Å². The molecule has 1 aliphatic carbocycles. The van der Waals surface area contributed by atoms with Gasteiger partial charge in [-0.25, -0.2) is 0 Å². The molecule has 2 aromatic heterocycles. The lowest BCUT2D eigenvalue weighted by Gasteiger charge is -2.24. The second kappa shape index (κ2) is 10.3. The molecule has 0 unspecified atom stereocenters. The fourth-order valence-electron chi connectivity index (χ4n) is 4.63. The molecule has 1 atom stereocenters. The van der Waals surface area contributed by atoms with Crippen LogP contribution in [0, 0.1) is 0 Å². The molecule has 2 aliphatic rings. The van der Waals surface area contributed by atoms with Crippen molar-refractivity contribution in [2.75, 3.05) is 20.3 Å². The van der Waals surface area contributed by atoms with Crippen LogP contribution in [-0.4, -0.2) is 52.4 Å². The Balaban J connectivity index is 1.40. The summed E-state index contributed by atoms with van der Waals surface area (Å²) in [6.07, 6.45) is 8.48. The van der Waals surface area contributed by atoms with E-state index in [1.807, 2.05) is 35.2 Å². The Hall–Kier alpha value is -3.39. The number of hydrogen-bond donors (Lipinski definition) is 1. The molecule has 0 radical (unpaired) electrons. The number of nitrogens with one attached hydrogen (secondary N) is 1. The Morgan fingerprint density at radius 3 is 2.85 bits per heavy atom. The highest BCUT2D eigenvalue weighted by Crippen LogP contribution is 2.31. The third kappa shape index (κ3) is 4.92. The predicted octanol–water partition coefficient (Wildman–Crippen LogP) is 3.70. The van der Waals surface area contributed by atoms with E-state index in [1.54, 1.807) is 19.5 Å². The van der Waals surface area contributed by atoms with Crippen molar-refractivity contribution in [1.29, 1.82) is 0 Å². The number of rotatable bonds is 8. The quantitative estimate of drug-likeness (QED) is 0.549. The van der Waals surface area contributed by atoms with Gasteiger partial charge in [0.25, 0.3) is 5.91 Å². The van der Waals surface area contributed by atoms with Crippen molar-refractivity contribution in [1.82, 2.24) is 20.1 Å². The molecule has 3 aromatic rings. The van der Waals surface area contributed by atoms with Gasteiger partial charge in [0.15, 0.2) is 17.2 Å². The molecule has 1 N–H and O–H groups in total. The SMILES string of the molecule is COc1cc(CN(Cc2cccnc2)C(=O)c2n[nH]c3c2CCCC3)ccc1O[C@H]1CCOC1. The minimum Gasteiger partial charge on any atom is -0.493 e. The van der Waals surface area contributed by atoms with E-state index in [0.717, 1.165) is 54.5 Å². The number of aromatic amines is 1. The second-order valence-corrected chi connectivity index (χ2v) is 8.85. The number of hydrogen-bond acceptors (Lipinski definition) is 6. The summed E-state index contributed by atoms with van der Waals surface area (Å²) in [5.74, 6) is 1.26. The van der Waals surface area contributed by atoms with Gasteiger partial charge in [0.2, 0.25) is 0 Å². The van der Waals surface area contributed by atoms with Crippen LogP contribution in [0.5, 0.6) is 11.5 Å². The van der Waals surface area contributed by atoms with Crippen molar-refractivity contribution in [2.45, 2.75) is 51.3 Å². The lowest BCUT2D eigenvalue weighted by atomic mass is 9.95. The molecule has 8 heteroatoms. The molecular formula is C26H30N4O4. The highest BCUT2D eigenvalue weighted by Gasteiger charge is 2.26. The summed E-state index contributed by atoms with van der Waals surface area (Å²) in [5.41, 5.74) is 4.61. The Labute approximate surface area is 199 Å². The van der Waals surface area contributed by atoms with E-state index in [4.69, 9.17) is 14.2 Å². The number of carbonyl (C=O) groups is 1. The van der Waals surface area contributed by atoms with Gasteiger partial charge >= 0.3 is 0 Å². The van der Waals surface area contributed by atoms with Gasteiger partial charge in [-0.05, 0) is 55.0 Å². The van der Waals surface area contributed by atoms with Gasteiger partial charge in [-0.15, -0.1) is 0 Å². The number of amides is 1. The minimum atomic E-state index is -0.0781. The molecule has 1 amide bonds. The van der Waals surface area contributed by atoms with Crippen molar-refractivity contribution in [2.24, 2.45) is 0 Å². The number of benzene rings is 1. The lowest BCUT2D eigenvalue weighted by molar-refractivity contribution is 0.0722. The summed E-state index contributed by atoms with van der Waals surface area (Å²) >= 11 is 0. The first-order chi connectivity index (χ1) is 16.7. The van der Waals surface area contributed by atoms with Crippen LogP contribution in [0.25, 0.3) is 0 Å². The van der Waals surface area contributed by atoms with E-state index in [1.165, 1.54) is 0 Å². The van der Waals surface area contributed by atoms with Crippen LogP contribution in [0.4, 0.5) is 0 Å². The topological polar surface area (TPSA) is 89.6 Å². The van der Waals surface area contributed by atoms with E-state index in [-0.39, 0.29) is 12.0 Å². The predicted molar refractivity (Wildman–Crippen MR) is 126 cm³/mol. The fraction of sp³-hybridized carbons (Fsp3) is 0.423. The van der Waals surface area contributed by atoms with Crippen LogP contribution < -0.4 is 9.47 Å². The minimum absolute atomic E-state index is 0.0363.